The molecule has 3 aliphatic carbocycles. The van der Waals surface area contributed by atoms with E-state index in [9.17, 15) is 9.90 Å². The van der Waals surface area contributed by atoms with Gasteiger partial charge in [0.2, 0.25) is 0 Å². The van der Waals surface area contributed by atoms with Crippen molar-refractivity contribution in [1.82, 2.24) is 0 Å². The summed E-state index contributed by atoms with van der Waals surface area (Å²) in [5.41, 5.74) is 9.49. The fourth-order valence-corrected chi connectivity index (χ4v) is 8.31. The number of rotatable bonds is 2. The molecule has 3 aromatic carbocycles. The van der Waals surface area contributed by atoms with Crippen molar-refractivity contribution < 1.29 is 9.90 Å². The minimum Gasteiger partial charge on any atom is -0.507 e. The Balaban J connectivity index is 1.51. The van der Waals surface area contributed by atoms with E-state index >= 15 is 0 Å². The zero-order valence-corrected chi connectivity index (χ0v) is 25.5. The Morgan fingerprint density at radius 1 is 0.775 bits per heavy atom. The molecule has 0 heterocycles. The lowest BCUT2D eigenvalue weighted by atomic mass is 9.55. The zero-order valence-electron chi connectivity index (χ0n) is 25.5. The van der Waals surface area contributed by atoms with Gasteiger partial charge in [-0.3, -0.25) is 4.79 Å². The molecule has 3 aliphatic rings. The average Bonchev–Trinajstić information content (AvgIpc) is 3.21. The standard InChI is InChI=1S/C38H46O2/c1-36(2,3)25-12-8-23(9-13-25)30-22-31-27-20-21-38(7)32(18-19-33(38)39)28(27)16-17-29(31)34(35(30)40)24-10-14-26(15-11-24)37(4,5)6/h8-15,22,27-28,32,40H,16-21H2,1-7H3/t27-,28+,32-,38-/m0/s1. The SMILES string of the molecule is CC(C)(C)c1ccc(-c2cc3c(c(-c4ccc(C(C)(C)C)cc4)c2O)CC[C@@H]2[C@@H]3CC[C@]3(C)C(=O)CC[C@@H]23)cc1. The molecule has 0 spiro atoms. The number of Topliss-reactive ketones (excluding diaryl/α,β-unsaturated/α-hetero) is 1. The van der Waals surface area contributed by atoms with Gasteiger partial charge in [-0.15, -0.1) is 0 Å². The monoisotopic (exact) mass is 534 g/mol. The van der Waals surface area contributed by atoms with Crippen LogP contribution in [0.4, 0.5) is 0 Å². The van der Waals surface area contributed by atoms with Crippen LogP contribution in [0.15, 0.2) is 54.6 Å². The molecule has 0 aromatic heterocycles. The second-order valence-electron chi connectivity index (χ2n) is 15.2. The average molecular weight is 535 g/mol. The van der Waals surface area contributed by atoms with Gasteiger partial charge in [0, 0.05) is 23.0 Å². The molecular weight excluding hydrogens is 488 g/mol. The highest BCUT2D eigenvalue weighted by Gasteiger charge is 2.54. The molecule has 0 aliphatic heterocycles. The van der Waals surface area contributed by atoms with Gasteiger partial charge in [-0.25, -0.2) is 0 Å². The van der Waals surface area contributed by atoms with Crippen LogP contribution in [0.1, 0.15) is 109 Å². The summed E-state index contributed by atoms with van der Waals surface area (Å²) in [7, 11) is 0. The minimum atomic E-state index is -0.132. The van der Waals surface area contributed by atoms with Gasteiger partial charge in [0.15, 0.2) is 0 Å². The van der Waals surface area contributed by atoms with Crippen molar-refractivity contribution in [3.05, 3.63) is 76.9 Å². The van der Waals surface area contributed by atoms with Crippen LogP contribution in [0, 0.1) is 17.3 Å². The van der Waals surface area contributed by atoms with E-state index in [1.807, 2.05) is 0 Å². The van der Waals surface area contributed by atoms with E-state index in [1.54, 1.807) is 0 Å². The van der Waals surface area contributed by atoms with Crippen molar-refractivity contribution in [2.24, 2.45) is 17.3 Å². The molecule has 2 fully saturated rings. The highest BCUT2D eigenvalue weighted by atomic mass is 16.3. The van der Waals surface area contributed by atoms with Crippen LogP contribution in [0.3, 0.4) is 0 Å². The predicted molar refractivity (Wildman–Crippen MR) is 166 cm³/mol. The van der Waals surface area contributed by atoms with Gasteiger partial charge in [-0.2, -0.15) is 0 Å². The molecule has 6 rings (SSSR count). The molecular formula is C38H46O2. The smallest absolute Gasteiger partial charge is 0.139 e. The zero-order chi connectivity index (χ0) is 28.6. The van der Waals surface area contributed by atoms with E-state index in [4.69, 9.17) is 0 Å². The molecule has 2 saturated carbocycles. The number of hydrogen-bond acceptors (Lipinski definition) is 2. The molecule has 3 aromatic rings. The number of carbonyl (C=O) groups is 1. The molecule has 2 nitrogen and oxygen atoms in total. The third-order valence-corrected chi connectivity index (χ3v) is 10.8. The first-order valence-corrected chi connectivity index (χ1v) is 15.4. The van der Waals surface area contributed by atoms with Crippen molar-refractivity contribution in [1.29, 1.82) is 0 Å². The van der Waals surface area contributed by atoms with Crippen LogP contribution in [-0.2, 0) is 22.0 Å². The molecule has 0 saturated heterocycles. The van der Waals surface area contributed by atoms with E-state index in [0.29, 0.717) is 29.3 Å². The summed E-state index contributed by atoms with van der Waals surface area (Å²) in [5, 5.41) is 12.0. The number of phenolic OH excluding ortho intramolecular Hbond substituents is 1. The first kappa shape index (κ1) is 27.3. The van der Waals surface area contributed by atoms with Gasteiger partial charge in [-0.1, -0.05) is 97.0 Å². The number of hydrogen-bond donors (Lipinski definition) is 1. The number of aromatic hydroxyl groups is 1. The maximum Gasteiger partial charge on any atom is 0.139 e. The number of carbonyl (C=O) groups excluding carboxylic acids is 1. The van der Waals surface area contributed by atoms with Crippen LogP contribution >= 0.6 is 0 Å². The maximum atomic E-state index is 12.9. The molecule has 0 bridgehead atoms. The highest BCUT2D eigenvalue weighted by molar-refractivity contribution is 5.88. The van der Waals surface area contributed by atoms with Gasteiger partial charge in [-0.05, 0) is 100 Å². The number of fused-ring (bicyclic) bond motifs is 5. The number of phenols is 1. The molecule has 4 atom stereocenters. The summed E-state index contributed by atoms with van der Waals surface area (Å²) in [6, 6.07) is 20.0. The predicted octanol–water partition coefficient (Wildman–Crippen LogP) is 9.75. The van der Waals surface area contributed by atoms with Crippen LogP contribution < -0.4 is 0 Å². The Morgan fingerprint density at radius 3 is 1.93 bits per heavy atom. The van der Waals surface area contributed by atoms with E-state index in [1.165, 1.54) is 22.3 Å². The molecule has 40 heavy (non-hydrogen) atoms. The molecule has 2 heteroatoms. The molecule has 0 amide bonds. The van der Waals surface area contributed by atoms with Crippen molar-refractivity contribution in [2.45, 2.75) is 104 Å². The van der Waals surface area contributed by atoms with E-state index in [-0.39, 0.29) is 16.2 Å². The number of ketones is 1. The lowest BCUT2D eigenvalue weighted by molar-refractivity contribution is -0.129. The third-order valence-electron chi connectivity index (χ3n) is 10.8. The normalized spacial score (nSPS) is 26.3. The largest absolute Gasteiger partial charge is 0.507 e. The summed E-state index contributed by atoms with van der Waals surface area (Å²) in [4.78, 5) is 12.9. The number of benzene rings is 3. The maximum absolute atomic E-state index is 12.9. The van der Waals surface area contributed by atoms with Crippen LogP contribution in [0.5, 0.6) is 5.75 Å². The minimum absolute atomic E-state index is 0.0804. The first-order chi connectivity index (χ1) is 18.8. The Kier molecular flexibility index (Phi) is 6.37. The highest BCUT2D eigenvalue weighted by Crippen LogP contribution is 2.61. The van der Waals surface area contributed by atoms with Gasteiger partial charge in [0.1, 0.15) is 11.5 Å². The fraction of sp³-hybridized carbons (Fsp3) is 0.500. The van der Waals surface area contributed by atoms with Crippen LogP contribution in [-0.4, -0.2) is 10.9 Å². The van der Waals surface area contributed by atoms with Crippen LogP contribution in [0.2, 0.25) is 0 Å². The lowest BCUT2D eigenvalue weighted by Crippen LogP contribution is -2.42. The van der Waals surface area contributed by atoms with Crippen molar-refractivity contribution in [3.8, 4) is 28.0 Å². The first-order valence-electron chi connectivity index (χ1n) is 15.4. The van der Waals surface area contributed by atoms with E-state index in [2.05, 4.69) is 103 Å². The topological polar surface area (TPSA) is 37.3 Å². The Hall–Kier alpha value is -2.87. The van der Waals surface area contributed by atoms with Crippen molar-refractivity contribution in [2.75, 3.05) is 0 Å². The summed E-state index contributed by atoms with van der Waals surface area (Å²) in [6.07, 6.45) is 5.92. The molecule has 0 radical (unpaired) electrons. The second-order valence-corrected chi connectivity index (χ2v) is 15.2. The second kappa shape index (κ2) is 9.33. The Morgan fingerprint density at radius 2 is 1.35 bits per heavy atom. The third kappa shape index (κ3) is 4.34. The van der Waals surface area contributed by atoms with Gasteiger partial charge in [0.05, 0.1) is 0 Å². The molecule has 210 valence electrons. The lowest BCUT2D eigenvalue weighted by Gasteiger charge is -2.48. The summed E-state index contributed by atoms with van der Waals surface area (Å²) < 4.78 is 0. The molecule has 1 N–H and O–H groups in total. The summed E-state index contributed by atoms with van der Waals surface area (Å²) >= 11 is 0. The summed E-state index contributed by atoms with van der Waals surface area (Å²) in [5.74, 6) is 2.39. The Labute approximate surface area is 241 Å². The fourth-order valence-electron chi connectivity index (χ4n) is 8.31. The van der Waals surface area contributed by atoms with E-state index in [0.717, 1.165) is 60.8 Å². The Bertz CT molecular complexity index is 1450. The quantitative estimate of drug-likeness (QED) is 0.355. The van der Waals surface area contributed by atoms with Gasteiger partial charge >= 0.3 is 0 Å². The summed E-state index contributed by atoms with van der Waals surface area (Å²) in [6.45, 7) is 15.7. The van der Waals surface area contributed by atoms with E-state index < -0.39 is 0 Å². The van der Waals surface area contributed by atoms with Crippen LogP contribution in [0.25, 0.3) is 22.3 Å². The van der Waals surface area contributed by atoms with Gasteiger partial charge < -0.3 is 5.11 Å². The molecule has 0 unspecified atom stereocenters. The van der Waals surface area contributed by atoms with Gasteiger partial charge in [0.25, 0.3) is 0 Å². The van der Waals surface area contributed by atoms with Crippen molar-refractivity contribution >= 4 is 5.78 Å². The van der Waals surface area contributed by atoms with Crippen molar-refractivity contribution in [3.63, 3.8) is 0 Å².